The van der Waals surface area contributed by atoms with Crippen LogP contribution in [0.3, 0.4) is 0 Å². The summed E-state index contributed by atoms with van der Waals surface area (Å²) in [7, 11) is 3.44. The third kappa shape index (κ3) is 6.45. The molecule has 4 heterocycles. The second kappa shape index (κ2) is 11.7. The highest BCUT2D eigenvalue weighted by Crippen LogP contribution is 2.35. The van der Waals surface area contributed by atoms with Crippen LogP contribution in [0.2, 0.25) is 0 Å². The van der Waals surface area contributed by atoms with Gasteiger partial charge in [0.15, 0.2) is 0 Å². The molecule has 2 atom stereocenters. The third-order valence-corrected chi connectivity index (χ3v) is 8.67. The number of anilines is 1. The number of methoxy groups -OCH3 is 1. The summed E-state index contributed by atoms with van der Waals surface area (Å²) in [6.45, 7) is 3.36. The molecule has 1 fully saturated rings. The van der Waals surface area contributed by atoms with Crippen LogP contribution in [0.15, 0.2) is 40.2 Å². The number of piperidine rings is 1. The molecular weight excluding hydrogens is 576 g/mol. The van der Waals surface area contributed by atoms with Crippen LogP contribution >= 0.6 is 11.3 Å². The minimum absolute atomic E-state index is 0.0276. The molecule has 1 aliphatic heterocycles. The molecule has 1 aliphatic rings. The predicted octanol–water partition coefficient (Wildman–Crippen LogP) is 5.58. The summed E-state index contributed by atoms with van der Waals surface area (Å²) in [5.74, 6) is -0.404. The van der Waals surface area contributed by atoms with E-state index in [2.05, 4.69) is 20.8 Å². The van der Waals surface area contributed by atoms with Crippen molar-refractivity contribution in [1.29, 1.82) is 0 Å². The summed E-state index contributed by atoms with van der Waals surface area (Å²) in [6.07, 6.45) is -5.10. The lowest BCUT2D eigenvalue weighted by molar-refractivity contribution is -0.139. The molecule has 0 bridgehead atoms. The molecular formula is C28H32F4N6O3S. The minimum atomic E-state index is -4.53. The van der Waals surface area contributed by atoms with E-state index in [4.69, 9.17) is 9.26 Å². The fourth-order valence-corrected chi connectivity index (χ4v) is 5.92. The number of amides is 1. The number of halogens is 4. The van der Waals surface area contributed by atoms with Gasteiger partial charge < -0.3 is 29.4 Å². The van der Waals surface area contributed by atoms with E-state index in [9.17, 15) is 22.4 Å². The molecule has 3 aromatic heterocycles. The molecule has 14 heteroatoms. The maximum atomic E-state index is 14.7. The highest BCUT2D eigenvalue weighted by atomic mass is 32.1. The number of nitrogens with zero attached hydrogens (tertiary/aromatic N) is 4. The number of rotatable bonds is 9. The average Bonchev–Trinajstić information content (AvgIpc) is 3.68. The summed E-state index contributed by atoms with van der Waals surface area (Å²) >= 11 is 1.39. The van der Waals surface area contributed by atoms with Gasteiger partial charge in [-0.1, -0.05) is 11.2 Å². The SMILES string of the molecule is COC(C)(C)c1cc(C(=O)NCc2nc(-c3cc4c(N[C@@H]5CCN(C)C[C@@H]5F)cccc4n3CC(F)(F)F)no2)cs1. The Morgan fingerprint density at radius 1 is 1.26 bits per heavy atom. The van der Waals surface area contributed by atoms with Gasteiger partial charge in [-0.25, -0.2) is 4.39 Å². The van der Waals surface area contributed by atoms with Crippen molar-refractivity contribution < 1.29 is 31.6 Å². The molecule has 0 aliphatic carbocycles. The van der Waals surface area contributed by atoms with Crippen molar-refractivity contribution in [2.75, 3.05) is 32.6 Å². The molecule has 1 saturated heterocycles. The van der Waals surface area contributed by atoms with Gasteiger partial charge in [-0.2, -0.15) is 18.2 Å². The fourth-order valence-electron chi connectivity index (χ4n) is 4.92. The molecule has 1 aromatic carbocycles. The van der Waals surface area contributed by atoms with E-state index in [0.29, 0.717) is 35.1 Å². The zero-order valence-electron chi connectivity index (χ0n) is 23.6. The first-order valence-electron chi connectivity index (χ1n) is 13.4. The number of alkyl halides is 4. The van der Waals surface area contributed by atoms with Gasteiger partial charge in [-0.05, 0) is 51.6 Å². The van der Waals surface area contributed by atoms with Crippen molar-refractivity contribution in [3.63, 3.8) is 0 Å². The van der Waals surface area contributed by atoms with E-state index in [1.807, 2.05) is 25.8 Å². The highest BCUT2D eigenvalue weighted by molar-refractivity contribution is 7.10. The van der Waals surface area contributed by atoms with E-state index in [0.717, 1.165) is 9.44 Å². The average molecular weight is 609 g/mol. The topological polar surface area (TPSA) is 97.4 Å². The Balaban J connectivity index is 1.39. The number of hydrogen-bond donors (Lipinski definition) is 2. The summed E-state index contributed by atoms with van der Waals surface area (Å²) in [6, 6.07) is 7.73. The maximum absolute atomic E-state index is 14.7. The molecule has 2 N–H and O–H groups in total. The van der Waals surface area contributed by atoms with E-state index >= 15 is 0 Å². The zero-order valence-corrected chi connectivity index (χ0v) is 24.4. The molecule has 0 saturated carbocycles. The molecule has 5 rings (SSSR count). The van der Waals surface area contributed by atoms with Gasteiger partial charge in [0.1, 0.15) is 12.7 Å². The third-order valence-electron chi connectivity index (χ3n) is 7.43. The Kier molecular flexibility index (Phi) is 8.32. The highest BCUT2D eigenvalue weighted by Gasteiger charge is 2.32. The molecule has 4 aromatic rings. The van der Waals surface area contributed by atoms with Gasteiger partial charge >= 0.3 is 6.18 Å². The van der Waals surface area contributed by atoms with Crippen molar-refractivity contribution in [1.82, 2.24) is 24.9 Å². The van der Waals surface area contributed by atoms with Crippen molar-refractivity contribution in [2.24, 2.45) is 0 Å². The minimum Gasteiger partial charge on any atom is -0.379 e. The Hall–Kier alpha value is -3.49. The van der Waals surface area contributed by atoms with E-state index in [-0.39, 0.29) is 36.4 Å². The van der Waals surface area contributed by atoms with Crippen molar-refractivity contribution in [2.45, 2.75) is 57.3 Å². The van der Waals surface area contributed by atoms with Crippen LogP contribution < -0.4 is 10.6 Å². The van der Waals surface area contributed by atoms with Crippen LogP contribution in [0, 0.1) is 0 Å². The number of aromatic nitrogens is 3. The van der Waals surface area contributed by atoms with Crippen LogP contribution in [0.4, 0.5) is 23.2 Å². The first-order valence-corrected chi connectivity index (χ1v) is 14.3. The van der Waals surface area contributed by atoms with Gasteiger partial charge in [0, 0.05) is 41.5 Å². The number of likely N-dealkylation sites (tertiary alicyclic amines) is 1. The van der Waals surface area contributed by atoms with Crippen LogP contribution in [-0.4, -0.2) is 71.2 Å². The largest absolute Gasteiger partial charge is 0.406 e. The number of fused-ring (bicyclic) bond motifs is 1. The molecule has 42 heavy (non-hydrogen) atoms. The van der Waals surface area contributed by atoms with Crippen molar-refractivity contribution in [3.05, 3.63) is 52.0 Å². The first kappa shape index (κ1) is 30.0. The van der Waals surface area contributed by atoms with E-state index in [1.54, 1.807) is 42.8 Å². The molecule has 1 amide bonds. The Bertz CT molecular complexity index is 1560. The molecule has 9 nitrogen and oxygen atoms in total. The Morgan fingerprint density at radius 2 is 2.05 bits per heavy atom. The number of ether oxygens (including phenoxy) is 1. The van der Waals surface area contributed by atoms with Crippen LogP contribution in [0.25, 0.3) is 22.4 Å². The van der Waals surface area contributed by atoms with Gasteiger partial charge in [0.2, 0.25) is 11.7 Å². The van der Waals surface area contributed by atoms with Crippen molar-refractivity contribution in [3.8, 4) is 11.5 Å². The first-order chi connectivity index (χ1) is 19.8. The Morgan fingerprint density at radius 3 is 2.76 bits per heavy atom. The number of thiophene rings is 1. The lowest BCUT2D eigenvalue weighted by Gasteiger charge is -2.33. The number of carbonyl (C=O) groups is 1. The number of hydrogen-bond acceptors (Lipinski definition) is 8. The monoisotopic (exact) mass is 608 g/mol. The molecule has 226 valence electrons. The van der Waals surface area contributed by atoms with Crippen LogP contribution in [-0.2, 0) is 23.4 Å². The van der Waals surface area contributed by atoms with Crippen LogP contribution in [0.5, 0.6) is 0 Å². The van der Waals surface area contributed by atoms with Gasteiger partial charge in [0.25, 0.3) is 5.91 Å². The predicted molar refractivity (Wildman–Crippen MR) is 151 cm³/mol. The quantitative estimate of drug-likeness (QED) is 0.240. The second-order valence-corrected chi connectivity index (χ2v) is 11.8. The molecule has 0 radical (unpaired) electrons. The second-order valence-electron chi connectivity index (χ2n) is 10.9. The van der Waals surface area contributed by atoms with Crippen LogP contribution in [0.1, 0.15) is 41.4 Å². The Labute approximate surface area is 243 Å². The fraction of sp³-hybridized carbons (Fsp3) is 0.464. The van der Waals surface area contributed by atoms with E-state index < -0.39 is 30.5 Å². The molecule has 0 spiro atoms. The lowest BCUT2D eigenvalue weighted by Crippen LogP contribution is -2.46. The van der Waals surface area contributed by atoms with Gasteiger partial charge in [-0.15, -0.1) is 11.3 Å². The number of carbonyl (C=O) groups excluding carboxylic acids is 1. The van der Waals surface area contributed by atoms with Gasteiger partial charge in [-0.3, -0.25) is 4.79 Å². The standard InChI is InChI=1S/C28H32F4N6O3S/c1-27(2,40-4)23-10-16(14-42-23)26(39)33-12-24-35-25(36-41-24)22-11-17-19(34-20-8-9-37(3)13-18(20)29)6-5-7-21(17)38(22)15-28(30,31)32/h5-7,10-11,14,18,20,34H,8-9,12-13,15H2,1-4H3,(H,33,39)/t18-,20+/m0/s1. The van der Waals surface area contributed by atoms with E-state index in [1.165, 1.54) is 11.3 Å². The summed E-state index contributed by atoms with van der Waals surface area (Å²) in [4.78, 5) is 19.7. The van der Waals surface area contributed by atoms with Gasteiger partial charge in [0.05, 0.1) is 35.0 Å². The molecule has 0 unspecified atom stereocenters. The number of benzene rings is 1. The maximum Gasteiger partial charge on any atom is 0.406 e. The van der Waals surface area contributed by atoms with Crippen molar-refractivity contribution >= 4 is 33.8 Å². The number of nitrogens with one attached hydrogen (secondary N) is 2. The summed E-state index contributed by atoms with van der Waals surface area (Å²) in [5.41, 5.74) is 0.792. The summed E-state index contributed by atoms with van der Waals surface area (Å²) < 4.78 is 67.6. The lowest BCUT2D eigenvalue weighted by atomic mass is 10.0. The summed E-state index contributed by atoms with van der Waals surface area (Å²) in [5, 5.41) is 12.0. The smallest absolute Gasteiger partial charge is 0.379 e. The normalized spacial score (nSPS) is 18.5. The zero-order chi connectivity index (χ0) is 30.2.